The van der Waals surface area contributed by atoms with Crippen molar-refractivity contribution in [2.45, 2.75) is 19.3 Å². The molecule has 6 heteroatoms. The molecule has 0 radical (unpaired) electrons. The smallest absolute Gasteiger partial charge is 0.308 e. The summed E-state index contributed by atoms with van der Waals surface area (Å²) in [6.45, 7) is 1.39. The Bertz CT molecular complexity index is 628. The van der Waals surface area contributed by atoms with Crippen molar-refractivity contribution >= 4 is 23.5 Å². The average molecular weight is 302 g/mol. The van der Waals surface area contributed by atoms with E-state index in [0.29, 0.717) is 31.5 Å². The van der Waals surface area contributed by atoms with E-state index in [2.05, 4.69) is 0 Å². The van der Waals surface area contributed by atoms with Crippen LogP contribution in [-0.2, 0) is 9.59 Å². The minimum Gasteiger partial charge on any atom is -0.481 e. The van der Waals surface area contributed by atoms with E-state index in [9.17, 15) is 14.4 Å². The van der Waals surface area contributed by atoms with Gasteiger partial charge in [0.15, 0.2) is 0 Å². The van der Waals surface area contributed by atoms with Gasteiger partial charge in [-0.25, -0.2) is 0 Å². The number of rotatable bonds is 3. The number of hydrogen-bond acceptors (Lipinski definition) is 3. The second-order valence-electron chi connectivity index (χ2n) is 5.77. The van der Waals surface area contributed by atoms with E-state index in [-0.39, 0.29) is 18.4 Å². The molecular weight excluding hydrogens is 284 g/mol. The number of carbonyl (C=O) groups is 3. The zero-order valence-corrected chi connectivity index (χ0v) is 12.2. The summed E-state index contributed by atoms with van der Waals surface area (Å²) in [7, 11) is 0. The number of nitrogens with zero attached hydrogens (tertiary/aromatic N) is 2. The van der Waals surface area contributed by atoms with Crippen LogP contribution in [0, 0.1) is 5.92 Å². The lowest BCUT2D eigenvalue weighted by Crippen LogP contribution is -2.30. The van der Waals surface area contributed by atoms with Gasteiger partial charge in [-0.2, -0.15) is 0 Å². The van der Waals surface area contributed by atoms with Crippen molar-refractivity contribution in [2.75, 3.05) is 24.5 Å². The van der Waals surface area contributed by atoms with Gasteiger partial charge in [0.25, 0.3) is 5.91 Å². The Balaban J connectivity index is 1.76. The molecule has 1 aromatic carbocycles. The van der Waals surface area contributed by atoms with Gasteiger partial charge in [-0.1, -0.05) is 6.07 Å². The first-order valence-corrected chi connectivity index (χ1v) is 7.49. The molecule has 22 heavy (non-hydrogen) atoms. The maximum absolute atomic E-state index is 12.5. The largest absolute Gasteiger partial charge is 0.481 e. The fraction of sp³-hybridized carbons (Fsp3) is 0.438. The zero-order chi connectivity index (χ0) is 15.7. The van der Waals surface area contributed by atoms with Crippen molar-refractivity contribution in [1.82, 2.24) is 4.90 Å². The van der Waals surface area contributed by atoms with Gasteiger partial charge < -0.3 is 14.9 Å². The van der Waals surface area contributed by atoms with Crippen LogP contribution in [0.1, 0.15) is 29.6 Å². The molecule has 2 heterocycles. The summed E-state index contributed by atoms with van der Waals surface area (Å²) in [4.78, 5) is 38.5. The monoisotopic (exact) mass is 302 g/mol. The number of benzene rings is 1. The normalized spacial score (nSPS) is 21.5. The molecule has 2 aliphatic heterocycles. The predicted molar refractivity (Wildman–Crippen MR) is 79.7 cm³/mol. The van der Waals surface area contributed by atoms with Gasteiger partial charge in [0, 0.05) is 37.3 Å². The van der Waals surface area contributed by atoms with Crippen LogP contribution in [0.3, 0.4) is 0 Å². The lowest BCUT2D eigenvalue weighted by atomic mass is 10.1. The number of carboxylic acids is 1. The van der Waals surface area contributed by atoms with Gasteiger partial charge in [-0.15, -0.1) is 0 Å². The first-order chi connectivity index (χ1) is 10.6. The summed E-state index contributed by atoms with van der Waals surface area (Å²) >= 11 is 0. The number of hydrogen-bond donors (Lipinski definition) is 1. The van der Waals surface area contributed by atoms with E-state index in [0.717, 1.165) is 12.1 Å². The third kappa shape index (κ3) is 2.68. The highest BCUT2D eigenvalue weighted by Crippen LogP contribution is 2.24. The molecule has 1 aromatic rings. The van der Waals surface area contributed by atoms with Gasteiger partial charge in [-0.3, -0.25) is 14.4 Å². The van der Waals surface area contributed by atoms with E-state index >= 15 is 0 Å². The third-order valence-electron chi connectivity index (χ3n) is 4.30. The molecule has 0 bridgehead atoms. The lowest BCUT2D eigenvalue weighted by molar-refractivity contribution is -0.141. The van der Waals surface area contributed by atoms with Crippen LogP contribution in [0.25, 0.3) is 0 Å². The summed E-state index contributed by atoms with van der Waals surface area (Å²) < 4.78 is 0. The second kappa shape index (κ2) is 5.79. The van der Waals surface area contributed by atoms with Gasteiger partial charge in [0.1, 0.15) is 0 Å². The second-order valence-corrected chi connectivity index (χ2v) is 5.77. The fourth-order valence-corrected chi connectivity index (χ4v) is 3.06. The van der Waals surface area contributed by atoms with Crippen LogP contribution in [0.2, 0.25) is 0 Å². The third-order valence-corrected chi connectivity index (χ3v) is 4.30. The summed E-state index contributed by atoms with van der Waals surface area (Å²) in [5.74, 6) is -1.42. The highest BCUT2D eigenvalue weighted by molar-refractivity contribution is 5.99. The molecule has 2 saturated heterocycles. The molecule has 116 valence electrons. The highest BCUT2D eigenvalue weighted by Gasteiger charge is 2.31. The standard InChI is InChI=1S/C16H18N2O4/c19-14-5-2-7-18(14)13-4-1-3-11(9-13)15(20)17-8-6-12(10-17)16(21)22/h1,3-4,9,12H,2,5-8,10H2,(H,21,22)/t12-/m0/s1. The summed E-state index contributed by atoms with van der Waals surface area (Å²) in [5, 5.41) is 9.02. The molecule has 1 atom stereocenters. The van der Waals surface area contributed by atoms with Crippen molar-refractivity contribution in [3.8, 4) is 0 Å². The number of anilines is 1. The van der Waals surface area contributed by atoms with Crippen LogP contribution in [0.4, 0.5) is 5.69 Å². The number of amides is 2. The molecule has 2 aliphatic rings. The Morgan fingerprint density at radius 3 is 2.68 bits per heavy atom. The maximum atomic E-state index is 12.5. The van der Waals surface area contributed by atoms with Crippen molar-refractivity contribution in [2.24, 2.45) is 5.92 Å². The Morgan fingerprint density at radius 1 is 1.23 bits per heavy atom. The van der Waals surface area contributed by atoms with Crippen molar-refractivity contribution < 1.29 is 19.5 Å². The molecule has 3 rings (SSSR count). The first kappa shape index (κ1) is 14.6. The van der Waals surface area contributed by atoms with Crippen molar-refractivity contribution in [1.29, 1.82) is 0 Å². The lowest BCUT2D eigenvalue weighted by Gasteiger charge is -2.19. The highest BCUT2D eigenvalue weighted by atomic mass is 16.4. The Morgan fingerprint density at radius 2 is 2.05 bits per heavy atom. The van der Waals surface area contributed by atoms with Crippen LogP contribution < -0.4 is 4.90 Å². The van der Waals surface area contributed by atoms with Crippen LogP contribution in [-0.4, -0.2) is 47.4 Å². The molecule has 0 aliphatic carbocycles. The molecule has 6 nitrogen and oxygen atoms in total. The van der Waals surface area contributed by atoms with Crippen LogP contribution >= 0.6 is 0 Å². The van der Waals surface area contributed by atoms with E-state index < -0.39 is 11.9 Å². The molecule has 0 spiro atoms. The van der Waals surface area contributed by atoms with Crippen LogP contribution in [0.5, 0.6) is 0 Å². The maximum Gasteiger partial charge on any atom is 0.308 e. The Hall–Kier alpha value is -2.37. The van der Waals surface area contributed by atoms with Gasteiger partial charge in [-0.05, 0) is 31.0 Å². The van der Waals surface area contributed by atoms with Crippen molar-refractivity contribution in [3.05, 3.63) is 29.8 Å². The fourth-order valence-electron chi connectivity index (χ4n) is 3.06. The van der Waals surface area contributed by atoms with E-state index in [4.69, 9.17) is 5.11 Å². The number of aliphatic carboxylic acids is 1. The van der Waals surface area contributed by atoms with Crippen molar-refractivity contribution in [3.63, 3.8) is 0 Å². The van der Waals surface area contributed by atoms with Gasteiger partial charge in [0.05, 0.1) is 5.92 Å². The SMILES string of the molecule is O=C(O)[C@H]1CCN(C(=O)c2cccc(N3CCCC3=O)c2)C1. The molecular formula is C16H18N2O4. The minimum absolute atomic E-state index is 0.0803. The topological polar surface area (TPSA) is 77.9 Å². The summed E-state index contributed by atoms with van der Waals surface area (Å²) in [6, 6.07) is 7.02. The van der Waals surface area contributed by atoms with E-state index in [1.165, 1.54) is 0 Å². The van der Waals surface area contributed by atoms with Crippen LogP contribution in [0.15, 0.2) is 24.3 Å². The summed E-state index contributed by atoms with van der Waals surface area (Å²) in [5.41, 5.74) is 1.24. The average Bonchev–Trinajstić information content (AvgIpc) is 3.15. The van der Waals surface area contributed by atoms with E-state index in [1.54, 1.807) is 28.0 Å². The zero-order valence-electron chi connectivity index (χ0n) is 12.2. The predicted octanol–water partition coefficient (Wildman–Crippen LogP) is 1.36. The van der Waals surface area contributed by atoms with Gasteiger partial charge >= 0.3 is 5.97 Å². The minimum atomic E-state index is -0.855. The quantitative estimate of drug-likeness (QED) is 0.914. The summed E-state index contributed by atoms with van der Waals surface area (Å²) in [6.07, 6.45) is 1.87. The Kier molecular flexibility index (Phi) is 3.83. The molecule has 2 fully saturated rings. The number of likely N-dealkylation sites (tertiary alicyclic amines) is 1. The first-order valence-electron chi connectivity index (χ1n) is 7.49. The molecule has 0 unspecified atom stereocenters. The number of carboxylic acid groups (broad SMARTS) is 1. The van der Waals surface area contributed by atoms with Gasteiger partial charge in [0.2, 0.25) is 5.91 Å². The molecule has 0 aromatic heterocycles. The molecule has 1 N–H and O–H groups in total. The Labute approximate surface area is 128 Å². The van der Waals surface area contributed by atoms with E-state index in [1.807, 2.05) is 6.07 Å². The number of carbonyl (C=O) groups excluding carboxylic acids is 2. The molecule has 2 amide bonds. The molecule has 0 saturated carbocycles.